The number of aliphatic carboxylic acids is 1. The van der Waals surface area contributed by atoms with E-state index in [1.165, 1.54) is 0 Å². The molecule has 1 fully saturated rings. The van der Waals surface area contributed by atoms with E-state index in [0.29, 0.717) is 6.42 Å². The van der Waals surface area contributed by atoms with Crippen molar-refractivity contribution < 1.29 is 9.90 Å². The lowest BCUT2D eigenvalue weighted by atomic mass is 10.2. The van der Waals surface area contributed by atoms with Gasteiger partial charge >= 0.3 is 5.97 Å². The average Bonchev–Trinajstić information content (AvgIpc) is 2.71. The molecule has 16 heavy (non-hydrogen) atoms. The minimum atomic E-state index is -0.764. The summed E-state index contributed by atoms with van der Waals surface area (Å²) in [5.74, 6) is -0.00882. The summed E-state index contributed by atoms with van der Waals surface area (Å²) in [5, 5.41) is 9.09. The highest BCUT2D eigenvalue weighted by Gasteiger charge is 2.31. The van der Waals surface area contributed by atoms with Crippen LogP contribution in [0.2, 0.25) is 0 Å². The van der Waals surface area contributed by atoms with Gasteiger partial charge < -0.3 is 10.0 Å². The summed E-state index contributed by atoms with van der Waals surface area (Å²) in [4.78, 5) is 17.3. The zero-order valence-corrected chi connectivity index (χ0v) is 10.6. The summed E-state index contributed by atoms with van der Waals surface area (Å²) in [6.45, 7) is 2.67. The minimum Gasteiger partial charge on any atom is -0.480 e. The second-order valence-electron chi connectivity index (χ2n) is 3.93. The molecule has 1 aliphatic heterocycles. The second-order valence-corrected chi connectivity index (χ2v) is 4.78. The molecule has 1 aromatic heterocycles. The van der Waals surface area contributed by atoms with Crippen molar-refractivity contribution in [2.24, 2.45) is 0 Å². The maximum Gasteiger partial charge on any atom is 0.326 e. The number of halogens is 1. The van der Waals surface area contributed by atoms with Crippen LogP contribution in [0.25, 0.3) is 0 Å². The number of nitrogens with zero attached hydrogens (tertiary/aromatic N) is 2. The van der Waals surface area contributed by atoms with Crippen LogP contribution < -0.4 is 4.90 Å². The Hall–Kier alpha value is -1.10. The lowest BCUT2D eigenvalue weighted by molar-refractivity contribution is -0.138. The molecule has 0 saturated carbocycles. The molecule has 0 radical (unpaired) electrons. The zero-order valence-electron chi connectivity index (χ0n) is 8.98. The third kappa shape index (κ3) is 2.04. The SMILES string of the molecule is Cc1nc(N2CCCC2C(=O)O)ccc1Br. The number of hydrogen-bond donors (Lipinski definition) is 1. The first-order valence-electron chi connectivity index (χ1n) is 5.22. The molecule has 1 atom stereocenters. The topological polar surface area (TPSA) is 53.4 Å². The van der Waals surface area contributed by atoms with Crippen LogP contribution in [0.3, 0.4) is 0 Å². The average molecular weight is 285 g/mol. The first-order valence-corrected chi connectivity index (χ1v) is 6.01. The molecule has 1 aliphatic rings. The minimum absolute atomic E-state index is 0.423. The number of carboxylic acid groups (broad SMARTS) is 1. The maximum atomic E-state index is 11.1. The Morgan fingerprint density at radius 1 is 1.62 bits per heavy atom. The van der Waals surface area contributed by atoms with Gasteiger partial charge in [0.05, 0.1) is 5.69 Å². The van der Waals surface area contributed by atoms with Crippen LogP contribution in [0.5, 0.6) is 0 Å². The number of rotatable bonds is 2. The van der Waals surface area contributed by atoms with E-state index < -0.39 is 12.0 Å². The largest absolute Gasteiger partial charge is 0.480 e. The van der Waals surface area contributed by atoms with E-state index in [9.17, 15) is 4.79 Å². The zero-order chi connectivity index (χ0) is 11.7. The van der Waals surface area contributed by atoms with E-state index in [0.717, 1.165) is 29.0 Å². The number of aryl methyl sites for hydroxylation is 1. The number of carboxylic acids is 1. The maximum absolute atomic E-state index is 11.1. The van der Waals surface area contributed by atoms with Crippen molar-refractivity contribution in [3.63, 3.8) is 0 Å². The molecule has 0 amide bonds. The highest BCUT2D eigenvalue weighted by Crippen LogP contribution is 2.26. The highest BCUT2D eigenvalue weighted by atomic mass is 79.9. The van der Waals surface area contributed by atoms with Crippen LogP contribution in [-0.2, 0) is 4.79 Å². The molecule has 0 spiro atoms. The number of hydrogen-bond acceptors (Lipinski definition) is 3. The van der Waals surface area contributed by atoms with Gasteiger partial charge in [-0.1, -0.05) is 0 Å². The van der Waals surface area contributed by atoms with Gasteiger partial charge in [0.15, 0.2) is 0 Å². The summed E-state index contributed by atoms with van der Waals surface area (Å²) in [6, 6.07) is 3.35. The molecule has 5 heteroatoms. The van der Waals surface area contributed by atoms with Crippen LogP contribution in [0.1, 0.15) is 18.5 Å². The van der Waals surface area contributed by atoms with Gasteiger partial charge in [0.2, 0.25) is 0 Å². The molecule has 86 valence electrons. The van der Waals surface area contributed by atoms with Gasteiger partial charge in [-0.3, -0.25) is 0 Å². The quantitative estimate of drug-likeness (QED) is 0.905. The summed E-state index contributed by atoms with van der Waals surface area (Å²) >= 11 is 3.38. The number of pyridine rings is 1. The van der Waals surface area contributed by atoms with Crippen molar-refractivity contribution in [2.75, 3.05) is 11.4 Å². The van der Waals surface area contributed by atoms with Crippen LogP contribution in [0, 0.1) is 6.92 Å². The van der Waals surface area contributed by atoms with Crippen molar-refractivity contribution in [1.82, 2.24) is 4.98 Å². The van der Waals surface area contributed by atoms with Crippen LogP contribution >= 0.6 is 15.9 Å². The molecular formula is C11H13BrN2O2. The Morgan fingerprint density at radius 2 is 2.38 bits per heavy atom. The van der Waals surface area contributed by atoms with Crippen molar-refractivity contribution >= 4 is 27.7 Å². The highest BCUT2D eigenvalue weighted by molar-refractivity contribution is 9.10. The fraction of sp³-hybridized carbons (Fsp3) is 0.455. The monoisotopic (exact) mass is 284 g/mol. The molecule has 0 bridgehead atoms. The second kappa shape index (κ2) is 4.41. The van der Waals surface area contributed by atoms with Gasteiger partial charge in [-0.15, -0.1) is 0 Å². The molecule has 0 aromatic carbocycles. The van der Waals surface area contributed by atoms with Crippen molar-refractivity contribution in [2.45, 2.75) is 25.8 Å². The van der Waals surface area contributed by atoms with Gasteiger partial charge in [0.25, 0.3) is 0 Å². The summed E-state index contributed by atoms with van der Waals surface area (Å²) in [5.41, 5.74) is 0.883. The molecule has 1 unspecified atom stereocenters. The van der Waals surface area contributed by atoms with E-state index in [4.69, 9.17) is 5.11 Å². The van der Waals surface area contributed by atoms with E-state index in [1.807, 2.05) is 24.0 Å². The normalized spacial score (nSPS) is 20.1. The van der Waals surface area contributed by atoms with E-state index >= 15 is 0 Å². The molecular weight excluding hydrogens is 272 g/mol. The number of carbonyl (C=O) groups is 1. The van der Waals surface area contributed by atoms with Crippen molar-refractivity contribution in [3.05, 3.63) is 22.3 Å². The lowest BCUT2D eigenvalue weighted by Gasteiger charge is -2.22. The predicted molar refractivity (Wildman–Crippen MR) is 64.7 cm³/mol. The number of anilines is 1. The van der Waals surface area contributed by atoms with Gasteiger partial charge in [-0.25, -0.2) is 9.78 Å². The Bertz CT molecular complexity index is 422. The summed E-state index contributed by atoms with van der Waals surface area (Å²) in [7, 11) is 0. The summed E-state index contributed by atoms with van der Waals surface area (Å²) in [6.07, 6.45) is 1.61. The van der Waals surface area contributed by atoms with Gasteiger partial charge in [0.1, 0.15) is 11.9 Å². The van der Waals surface area contributed by atoms with Crippen molar-refractivity contribution in [1.29, 1.82) is 0 Å². The molecule has 1 aromatic rings. The fourth-order valence-corrected chi connectivity index (χ4v) is 2.21. The smallest absolute Gasteiger partial charge is 0.326 e. The van der Waals surface area contributed by atoms with Crippen LogP contribution in [0.15, 0.2) is 16.6 Å². The van der Waals surface area contributed by atoms with E-state index in [2.05, 4.69) is 20.9 Å². The van der Waals surface area contributed by atoms with Gasteiger partial charge in [0, 0.05) is 11.0 Å². The third-order valence-electron chi connectivity index (χ3n) is 2.84. The third-order valence-corrected chi connectivity index (χ3v) is 3.68. The molecule has 0 aliphatic carbocycles. The molecule has 1 saturated heterocycles. The van der Waals surface area contributed by atoms with Gasteiger partial charge in [-0.2, -0.15) is 0 Å². The van der Waals surface area contributed by atoms with Crippen LogP contribution in [0.4, 0.5) is 5.82 Å². The van der Waals surface area contributed by atoms with Crippen molar-refractivity contribution in [3.8, 4) is 0 Å². The number of aromatic nitrogens is 1. The Morgan fingerprint density at radius 3 is 3.00 bits per heavy atom. The summed E-state index contributed by atoms with van der Waals surface area (Å²) < 4.78 is 0.947. The molecule has 1 N–H and O–H groups in total. The standard InChI is InChI=1S/C11H13BrN2O2/c1-7-8(12)4-5-10(13-7)14-6-2-3-9(14)11(15)16/h4-5,9H,2-3,6H2,1H3,(H,15,16). The van der Waals surface area contributed by atoms with Gasteiger partial charge in [-0.05, 0) is 47.8 Å². The Balaban J connectivity index is 2.29. The lowest BCUT2D eigenvalue weighted by Crippen LogP contribution is -2.36. The van der Waals surface area contributed by atoms with E-state index in [-0.39, 0.29) is 0 Å². The molecule has 2 rings (SSSR count). The molecule has 2 heterocycles. The van der Waals surface area contributed by atoms with E-state index in [1.54, 1.807) is 0 Å². The molecule has 4 nitrogen and oxygen atoms in total. The Kier molecular flexibility index (Phi) is 3.14. The predicted octanol–water partition coefficient (Wildman–Crippen LogP) is 2.21. The first kappa shape index (κ1) is 11.4. The van der Waals surface area contributed by atoms with Crippen LogP contribution in [-0.4, -0.2) is 28.6 Å². The fourth-order valence-electron chi connectivity index (χ4n) is 1.99. The first-order chi connectivity index (χ1) is 7.59. The Labute approximate surface area is 102 Å².